The van der Waals surface area contributed by atoms with Crippen molar-refractivity contribution in [1.29, 1.82) is 0 Å². The number of rotatable bonds is 6. The molecular formula is C23H22F4N4OS. The van der Waals surface area contributed by atoms with Crippen LogP contribution in [0, 0.1) is 5.82 Å². The third-order valence-corrected chi connectivity index (χ3v) is 6.21. The number of alkyl halides is 3. The molecule has 1 amide bonds. The molecule has 1 aliphatic heterocycles. The molecule has 1 N–H and O–H groups in total. The molecule has 1 aliphatic rings. The summed E-state index contributed by atoms with van der Waals surface area (Å²) < 4.78 is 51.0. The third kappa shape index (κ3) is 6.37. The summed E-state index contributed by atoms with van der Waals surface area (Å²) in [4.78, 5) is 21.2. The SMILES string of the molecule is O=C(CN1CCN(Cc2nc(-c3ccc(F)cc3)cs2)CC1)Nc1ccc(C(F)(F)F)cc1. The Morgan fingerprint density at radius 1 is 0.970 bits per heavy atom. The molecule has 0 atom stereocenters. The number of aromatic nitrogens is 1. The molecule has 1 aromatic heterocycles. The highest BCUT2D eigenvalue weighted by molar-refractivity contribution is 7.09. The second-order valence-corrected chi connectivity index (χ2v) is 8.75. The molecule has 0 aliphatic carbocycles. The zero-order valence-corrected chi connectivity index (χ0v) is 18.4. The van der Waals surface area contributed by atoms with Gasteiger partial charge in [0.2, 0.25) is 5.91 Å². The third-order valence-electron chi connectivity index (χ3n) is 5.38. The summed E-state index contributed by atoms with van der Waals surface area (Å²) in [6.45, 7) is 3.85. The zero-order valence-electron chi connectivity index (χ0n) is 17.6. The molecule has 1 fully saturated rings. The Kier molecular flexibility index (Phi) is 7.06. The van der Waals surface area contributed by atoms with E-state index in [0.29, 0.717) is 25.3 Å². The van der Waals surface area contributed by atoms with Crippen LogP contribution in [-0.4, -0.2) is 53.4 Å². The summed E-state index contributed by atoms with van der Waals surface area (Å²) in [5.41, 5.74) is 1.30. The molecule has 0 spiro atoms. The maximum Gasteiger partial charge on any atom is 0.416 e. The van der Waals surface area contributed by atoms with E-state index in [1.54, 1.807) is 23.5 Å². The van der Waals surface area contributed by atoms with Crippen molar-refractivity contribution in [2.45, 2.75) is 12.7 Å². The first kappa shape index (κ1) is 23.3. The number of hydrogen-bond donors (Lipinski definition) is 1. The molecule has 2 heterocycles. The maximum atomic E-state index is 13.1. The smallest absolute Gasteiger partial charge is 0.325 e. The number of anilines is 1. The van der Waals surface area contributed by atoms with E-state index in [4.69, 9.17) is 0 Å². The van der Waals surface area contributed by atoms with Crippen LogP contribution in [0.2, 0.25) is 0 Å². The van der Waals surface area contributed by atoms with Gasteiger partial charge in [0.15, 0.2) is 0 Å². The summed E-state index contributed by atoms with van der Waals surface area (Å²) in [6, 6.07) is 10.7. The van der Waals surface area contributed by atoms with Crippen molar-refractivity contribution in [2.75, 3.05) is 38.0 Å². The highest BCUT2D eigenvalue weighted by Gasteiger charge is 2.30. The quantitative estimate of drug-likeness (QED) is 0.521. The molecule has 0 radical (unpaired) electrons. The van der Waals surface area contributed by atoms with Crippen LogP contribution in [0.15, 0.2) is 53.9 Å². The first-order valence-corrected chi connectivity index (χ1v) is 11.3. The van der Waals surface area contributed by atoms with E-state index in [2.05, 4.69) is 15.2 Å². The number of carbonyl (C=O) groups excluding carboxylic acids is 1. The van der Waals surface area contributed by atoms with Crippen molar-refractivity contribution < 1.29 is 22.4 Å². The Balaban J connectivity index is 1.22. The summed E-state index contributed by atoms with van der Waals surface area (Å²) in [6.07, 6.45) is -4.40. The van der Waals surface area contributed by atoms with Crippen LogP contribution in [0.1, 0.15) is 10.6 Å². The van der Waals surface area contributed by atoms with Crippen molar-refractivity contribution in [2.24, 2.45) is 0 Å². The van der Waals surface area contributed by atoms with Crippen LogP contribution in [0.25, 0.3) is 11.3 Å². The molecule has 5 nitrogen and oxygen atoms in total. The van der Waals surface area contributed by atoms with E-state index in [9.17, 15) is 22.4 Å². The molecule has 3 aromatic rings. The minimum Gasteiger partial charge on any atom is -0.325 e. The average Bonchev–Trinajstić information content (AvgIpc) is 3.24. The van der Waals surface area contributed by atoms with E-state index in [0.717, 1.165) is 41.5 Å². The van der Waals surface area contributed by atoms with Crippen molar-refractivity contribution >= 4 is 22.9 Å². The first-order chi connectivity index (χ1) is 15.8. The first-order valence-electron chi connectivity index (χ1n) is 10.4. The van der Waals surface area contributed by atoms with Gasteiger partial charge in [-0.3, -0.25) is 14.6 Å². The van der Waals surface area contributed by atoms with Crippen molar-refractivity contribution in [3.8, 4) is 11.3 Å². The van der Waals surface area contributed by atoms with Gasteiger partial charge in [-0.2, -0.15) is 13.2 Å². The fraction of sp³-hybridized carbons (Fsp3) is 0.304. The molecule has 4 rings (SSSR count). The lowest BCUT2D eigenvalue weighted by atomic mass is 10.2. The second-order valence-electron chi connectivity index (χ2n) is 7.81. The van der Waals surface area contributed by atoms with Crippen LogP contribution >= 0.6 is 11.3 Å². The van der Waals surface area contributed by atoms with Crippen molar-refractivity contribution in [1.82, 2.24) is 14.8 Å². The van der Waals surface area contributed by atoms with Gasteiger partial charge in [0.1, 0.15) is 10.8 Å². The Labute approximate surface area is 192 Å². The summed E-state index contributed by atoms with van der Waals surface area (Å²) >= 11 is 1.56. The molecular weight excluding hydrogens is 456 g/mol. The van der Waals surface area contributed by atoms with Gasteiger partial charge in [0.05, 0.1) is 24.3 Å². The van der Waals surface area contributed by atoms with Gasteiger partial charge in [-0.15, -0.1) is 11.3 Å². The largest absolute Gasteiger partial charge is 0.416 e. The van der Waals surface area contributed by atoms with Crippen molar-refractivity contribution in [3.63, 3.8) is 0 Å². The Hall–Kier alpha value is -2.82. The molecule has 0 bridgehead atoms. The molecule has 2 aromatic carbocycles. The number of benzene rings is 2. The molecule has 0 unspecified atom stereocenters. The molecule has 10 heteroatoms. The standard InChI is InChI=1S/C23H22F4N4OS/c24-18-5-1-16(2-6-18)20-15-33-22(29-20)14-31-11-9-30(10-12-31)13-21(32)28-19-7-3-17(4-8-19)23(25,26)27/h1-8,15H,9-14H2,(H,28,32). The van der Waals surface area contributed by atoms with E-state index < -0.39 is 11.7 Å². The fourth-order valence-corrected chi connectivity index (χ4v) is 4.42. The minimum atomic E-state index is -4.40. The highest BCUT2D eigenvalue weighted by atomic mass is 32.1. The number of piperazine rings is 1. The summed E-state index contributed by atoms with van der Waals surface area (Å²) in [5, 5.41) is 5.58. The van der Waals surface area contributed by atoms with Crippen LogP contribution in [0.4, 0.5) is 23.2 Å². The van der Waals surface area contributed by atoms with Crippen molar-refractivity contribution in [3.05, 3.63) is 70.3 Å². The van der Waals surface area contributed by atoms with Gasteiger partial charge in [-0.05, 0) is 48.5 Å². The number of nitrogens with zero attached hydrogens (tertiary/aromatic N) is 3. The van der Waals surface area contributed by atoms with Gasteiger partial charge < -0.3 is 5.32 Å². The Morgan fingerprint density at radius 3 is 2.24 bits per heavy atom. The molecule has 174 valence electrons. The number of amides is 1. The number of hydrogen-bond acceptors (Lipinski definition) is 5. The molecule has 0 saturated carbocycles. The lowest BCUT2D eigenvalue weighted by Crippen LogP contribution is -2.48. The van der Waals surface area contributed by atoms with Gasteiger partial charge >= 0.3 is 6.18 Å². The summed E-state index contributed by atoms with van der Waals surface area (Å²) in [5.74, 6) is -0.535. The lowest BCUT2D eigenvalue weighted by molar-refractivity contribution is -0.137. The van der Waals surface area contributed by atoms with Crippen LogP contribution in [-0.2, 0) is 17.5 Å². The van der Waals surface area contributed by atoms with Gasteiger partial charge in [-0.25, -0.2) is 9.37 Å². The number of halogens is 4. The van der Waals surface area contributed by atoms with E-state index in [1.807, 2.05) is 10.3 Å². The van der Waals surface area contributed by atoms with Crippen LogP contribution < -0.4 is 5.32 Å². The minimum absolute atomic E-state index is 0.181. The van der Waals surface area contributed by atoms with Crippen LogP contribution in [0.5, 0.6) is 0 Å². The number of nitrogens with one attached hydrogen (secondary N) is 1. The van der Waals surface area contributed by atoms with E-state index in [1.165, 1.54) is 24.3 Å². The molecule has 1 saturated heterocycles. The fourth-order valence-electron chi connectivity index (χ4n) is 3.58. The van der Waals surface area contributed by atoms with Gasteiger partial charge in [0, 0.05) is 42.8 Å². The topological polar surface area (TPSA) is 48.5 Å². The normalized spacial score (nSPS) is 15.5. The molecule has 33 heavy (non-hydrogen) atoms. The Bertz CT molecular complexity index is 1080. The van der Waals surface area contributed by atoms with Crippen LogP contribution in [0.3, 0.4) is 0 Å². The lowest BCUT2D eigenvalue weighted by Gasteiger charge is -2.33. The number of thiazole rings is 1. The predicted molar refractivity (Wildman–Crippen MR) is 119 cm³/mol. The van der Waals surface area contributed by atoms with Gasteiger partial charge in [0.25, 0.3) is 0 Å². The average molecular weight is 479 g/mol. The summed E-state index contributed by atoms with van der Waals surface area (Å²) in [7, 11) is 0. The van der Waals surface area contributed by atoms with E-state index in [-0.39, 0.29) is 18.3 Å². The predicted octanol–water partition coefficient (Wildman–Crippen LogP) is 4.72. The monoisotopic (exact) mass is 478 g/mol. The highest BCUT2D eigenvalue weighted by Crippen LogP contribution is 2.29. The van der Waals surface area contributed by atoms with Gasteiger partial charge in [-0.1, -0.05) is 0 Å². The number of carbonyl (C=O) groups is 1. The maximum absolute atomic E-state index is 13.1. The Morgan fingerprint density at radius 2 is 1.61 bits per heavy atom. The zero-order chi connectivity index (χ0) is 23.4. The van der Waals surface area contributed by atoms with E-state index >= 15 is 0 Å². The second kappa shape index (κ2) is 9.98.